The summed E-state index contributed by atoms with van der Waals surface area (Å²) in [5, 5.41) is 2.28. The van der Waals surface area contributed by atoms with Crippen LogP contribution in [0.5, 0.6) is 0 Å². The Labute approximate surface area is 310 Å². The molecule has 0 radical (unpaired) electrons. The SMILES string of the molecule is CC1(C)c2ccccc2-c2c(-c3ccccc3N(c3ccc(-c4ccccc4)cc3)c3cccc(-c4ccc5c(c4)oc4ccccc45)c3)cccc21. The second-order valence-corrected chi connectivity index (χ2v) is 14.5. The van der Waals surface area contributed by atoms with E-state index >= 15 is 0 Å². The van der Waals surface area contributed by atoms with Crippen molar-refractivity contribution < 1.29 is 4.42 Å². The topological polar surface area (TPSA) is 16.4 Å². The minimum absolute atomic E-state index is 0.0842. The molecule has 0 fully saturated rings. The summed E-state index contributed by atoms with van der Waals surface area (Å²) in [5.41, 5.74) is 17.5. The molecule has 2 nitrogen and oxygen atoms in total. The lowest BCUT2D eigenvalue weighted by molar-refractivity contribution is 0.660. The van der Waals surface area contributed by atoms with Crippen LogP contribution >= 0.6 is 0 Å². The zero-order chi connectivity index (χ0) is 35.5. The van der Waals surface area contributed by atoms with Crippen LogP contribution in [0, 0.1) is 0 Å². The number of anilines is 3. The molecule has 0 saturated heterocycles. The third kappa shape index (κ3) is 5.10. The van der Waals surface area contributed by atoms with Gasteiger partial charge in [0.1, 0.15) is 11.2 Å². The summed E-state index contributed by atoms with van der Waals surface area (Å²) >= 11 is 0. The van der Waals surface area contributed by atoms with Gasteiger partial charge in [-0.2, -0.15) is 0 Å². The van der Waals surface area contributed by atoms with Gasteiger partial charge in [-0.05, 0) is 98.6 Å². The third-order valence-electron chi connectivity index (χ3n) is 11.1. The highest BCUT2D eigenvalue weighted by Gasteiger charge is 2.37. The van der Waals surface area contributed by atoms with Gasteiger partial charge in [0.2, 0.25) is 0 Å². The van der Waals surface area contributed by atoms with E-state index in [1.165, 1.54) is 44.5 Å². The summed E-state index contributed by atoms with van der Waals surface area (Å²) in [5.74, 6) is 0. The van der Waals surface area contributed by atoms with Crippen LogP contribution in [0.2, 0.25) is 0 Å². The Bertz CT molecular complexity index is 2810. The summed E-state index contributed by atoms with van der Waals surface area (Å²) < 4.78 is 6.31. The molecule has 0 N–H and O–H groups in total. The first kappa shape index (κ1) is 31.1. The van der Waals surface area contributed by atoms with Crippen LogP contribution in [0.4, 0.5) is 17.1 Å². The Balaban J connectivity index is 1.16. The molecule has 0 amide bonds. The first-order valence-electron chi connectivity index (χ1n) is 18.3. The molecular formula is C51H37NO. The van der Waals surface area contributed by atoms with E-state index in [-0.39, 0.29) is 5.41 Å². The van der Waals surface area contributed by atoms with E-state index in [9.17, 15) is 0 Å². The molecule has 53 heavy (non-hydrogen) atoms. The lowest BCUT2D eigenvalue weighted by atomic mass is 9.82. The van der Waals surface area contributed by atoms with Gasteiger partial charge in [-0.25, -0.2) is 0 Å². The highest BCUT2D eigenvalue weighted by Crippen LogP contribution is 2.53. The standard InChI is InChI=1S/C51H37NO/c1-51(2)45-22-9-6-20-44(45)50-43(21-13-23-46(50)51)40-18-7-10-24-47(40)52(38-29-26-35(27-30-38)34-14-4-3-5-15-34)39-17-12-16-36(32-39)37-28-31-42-41-19-8-11-25-48(41)53-49(42)33-37/h3-33H,1-2H3. The molecule has 8 aromatic carbocycles. The molecule has 0 spiro atoms. The van der Waals surface area contributed by atoms with Crippen molar-refractivity contribution in [3.05, 3.63) is 199 Å². The maximum Gasteiger partial charge on any atom is 0.136 e. The fraction of sp³-hybridized carbons (Fsp3) is 0.0588. The monoisotopic (exact) mass is 679 g/mol. The van der Waals surface area contributed by atoms with E-state index in [4.69, 9.17) is 4.42 Å². The zero-order valence-corrected chi connectivity index (χ0v) is 29.8. The Morgan fingerprint density at radius 2 is 1.00 bits per heavy atom. The van der Waals surface area contributed by atoms with Crippen molar-refractivity contribution in [1.82, 2.24) is 0 Å². The van der Waals surface area contributed by atoms with E-state index in [2.05, 4.69) is 195 Å². The number of para-hydroxylation sites is 2. The average molecular weight is 680 g/mol. The molecule has 0 atom stereocenters. The van der Waals surface area contributed by atoms with Crippen LogP contribution in [-0.2, 0) is 5.41 Å². The van der Waals surface area contributed by atoms with Crippen molar-refractivity contribution in [3.63, 3.8) is 0 Å². The fourth-order valence-electron chi connectivity index (χ4n) is 8.47. The van der Waals surface area contributed by atoms with Crippen LogP contribution in [0.25, 0.3) is 66.4 Å². The van der Waals surface area contributed by atoms with Gasteiger partial charge in [0.25, 0.3) is 0 Å². The summed E-state index contributed by atoms with van der Waals surface area (Å²) in [4.78, 5) is 2.42. The highest BCUT2D eigenvalue weighted by atomic mass is 16.3. The maximum atomic E-state index is 6.31. The quantitative estimate of drug-likeness (QED) is 0.174. The van der Waals surface area contributed by atoms with E-state index in [1.807, 2.05) is 12.1 Å². The summed E-state index contributed by atoms with van der Waals surface area (Å²) in [7, 11) is 0. The molecule has 0 saturated carbocycles. The smallest absolute Gasteiger partial charge is 0.136 e. The average Bonchev–Trinajstić information content (AvgIpc) is 3.70. The maximum absolute atomic E-state index is 6.31. The third-order valence-corrected chi connectivity index (χ3v) is 11.1. The largest absolute Gasteiger partial charge is 0.456 e. The minimum atomic E-state index is -0.0842. The minimum Gasteiger partial charge on any atom is -0.456 e. The zero-order valence-electron chi connectivity index (χ0n) is 29.8. The van der Waals surface area contributed by atoms with Crippen molar-refractivity contribution in [2.24, 2.45) is 0 Å². The summed E-state index contributed by atoms with van der Waals surface area (Å²) in [6.07, 6.45) is 0. The van der Waals surface area contributed by atoms with Crippen LogP contribution in [0.1, 0.15) is 25.0 Å². The molecule has 9 aromatic rings. The van der Waals surface area contributed by atoms with Crippen molar-refractivity contribution >= 4 is 39.0 Å². The van der Waals surface area contributed by atoms with Gasteiger partial charge in [-0.1, -0.05) is 153 Å². The normalized spacial score (nSPS) is 12.9. The number of hydrogen-bond donors (Lipinski definition) is 0. The fourth-order valence-corrected chi connectivity index (χ4v) is 8.47. The molecule has 252 valence electrons. The molecule has 2 heteroatoms. The van der Waals surface area contributed by atoms with Gasteiger partial charge in [-0.3, -0.25) is 0 Å². The van der Waals surface area contributed by atoms with E-state index in [1.54, 1.807) is 0 Å². The van der Waals surface area contributed by atoms with Crippen molar-refractivity contribution in [3.8, 4) is 44.5 Å². The Morgan fingerprint density at radius 1 is 0.396 bits per heavy atom. The van der Waals surface area contributed by atoms with Crippen molar-refractivity contribution in [1.29, 1.82) is 0 Å². The van der Waals surface area contributed by atoms with Gasteiger partial charge >= 0.3 is 0 Å². The summed E-state index contributed by atoms with van der Waals surface area (Å²) in [6.45, 7) is 4.70. The predicted octanol–water partition coefficient (Wildman–Crippen LogP) is 14.4. The first-order valence-corrected chi connectivity index (χ1v) is 18.3. The Morgan fingerprint density at radius 3 is 1.87 bits per heavy atom. The number of nitrogens with zero attached hydrogens (tertiary/aromatic N) is 1. The van der Waals surface area contributed by atoms with Crippen LogP contribution in [0.15, 0.2) is 192 Å². The second-order valence-electron chi connectivity index (χ2n) is 14.5. The van der Waals surface area contributed by atoms with E-state index < -0.39 is 0 Å². The molecule has 0 unspecified atom stereocenters. The molecule has 10 rings (SSSR count). The number of fused-ring (bicyclic) bond motifs is 6. The lowest BCUT2D eigenvalue weighted by Gasteiger charge is -2.29. The molecule has 0 aliphatic heterocycles. The van der Waals surface area contributed by atoms with E-state index in [0.717, 1.165) is 50.1 Å². The van der Waals surface area contributed by atoms with Crippen LogP contribution < -0.4 is 4.90 Å². The predicted molar refractivity (Wildman–Crippen MR) is 222 cm³/mol. The lowest BCUT2D eigenvalue weighted by Crippen LogP contribution is -2.14. The number of benzene rings is 8. The highest BCUT2D eigenvalue weighted by molar-refractivity contribution is 6.06. The van der Waals surface area contributed by atoms with Gasteiger partial charge < -0.3 is 9.32 Å². The van der Waals surface area contributed by atoms with E-state index in [0.29, 0.717) is 0 Å². The molecule has 0 bridgehead atoms. The number of rotatable bonds is 6. The van der Waals surface area contributed by atoms with Gasteiger partial charge in [0.05, 0.1) is 5.69 Å². The second kappa shape index (κ2) is 12.3. The Kier molecular flexibility index (Phi) is 7.19. The molecule has 1 heterocycles. The Hall–Kier alpha value is -6.64. The molecule has 1 aliphatic carbocycles. The molecular weight excluding hydrogens is 643 g/mol. The van der Waals surface area contributed by atoms with Crippen LogP contribution in [-0.4, -0.2) is 0 Å². The van der Waals surface area contributed by atoms with Gasteiger partial charge in [0.15, 0.2) is 0 Å². The van der Waals surface area contributed by atoms with Crippen molar-refractivity contribution in [2.45, 2.75) is 19.3 Å². The summed E-state index contributed by atoms with van der Waals surface area (Å²) in [6, 6.07) is 67.9. The van der Waals surface area contributed by atoms with Crippen LogP contribution in [0.3, 0.4) is 0 Å². The van der Waals surface area contributed by atoms with Gasteiger partial charge in [0, 0.05) is 33.1 Å². The molecule has 1 aliphatic rings. The number of furan rings is 1. The van der Waals surface area contributed by atoms with Crippen molar-refractivity contribution in [2.75, 3.05) is 4.90 Å². The molecule has 1 aromatic heterocycles. The van der Waals surface area contributed by atoms with Gasteiger partial charge in [-0.15, -0.1) is 0 Å². The first-order chi connectivity index (χ1) is 26.0. The number of hydrogen-bond acceptors (Lipinski definition) is 2.